The number of hydrogen-bond acceptors (Lipinski definition) is 2. The molecule has 1 aliphatic heterocycles. The van der Waals surface area contributed by atoms with E-state index in [-0.39, 0.29) is 0 Å². The van der Waals surface area contributed by atoms with Crippen LogP contribution in [0.15, 0.2) is 6.20 Å². The smallest absolute Gasteiger partial charge is 0.0870 e. The predicted octanol–water partition coefficient (Wildman–Crippen LogP) is 2.21. The van der Waals surface area contributed by atoms with Crippen molar-refractivity contribution in [3.63, 3.8) is 0 Å². The summed E-state index contributed by atoms with van der Waals surface area (Å²) in [6.45, 7) is 4.45. The van der Waals surface area contributed by atoms with E-state index in [4.69, 9.17) is 0 Å². The summed E-state index contributed by atoms with van der Waals surface area (Å²) in [6.07, 6.45) is 2.01. The van der Waals surface area contributed by atoms with Crippen molar-refractivity contribution < 1.29 is 0 Å². The second-order valence-electron chi connectivity index (χ2n) is 3.18. The lowest BCUT2D eigenvalue weighted by Gasteiger charge is -2.01. The molecule has 0 saturated heterocycles. The summed E-state index contributed by atoms with van der Waals surface area (Å²) in [5, 5.41) is 4.31. The molecule has 3 heteroatoms. The Balaban J connectivity index is 2.42. The van der Waals surface area contributed by atoms with Gasteiger partial charge in [-0.05, 0) is 11.5 Å². The fourth-order valence-electron chi connectivity index (χ4n) is 1.41. The van der Waals surface area contributed by atoms with E-state index in [9.17, 15) is 0 Å². The average Bonchev–Trinajstić information content (AvgIpc) is 2.41. The first-order valence-electron chi connectivity index (χ1n) is 3.91. The summed E-state index contributed by atoms with van der Waals surface area (Å²) in [4.78, 5) is 0. The van der Waals surface area contributed by atoms with E-state index in [1.54, 1.807) is 0 Å². The number of aromatic nitrogens is 2. The molecule has 2 nitrogen and oxygen atoms in total. The Bertz CT molecular complexity index is 265. The molecule has 0 fully saturated rings. The van der Waals surface area contributed by atoms with Crippen LogP contribution in [0.3, 0.4) is 0 Å². The molecule has 11 heavy (non-hydrogen) atoms. The molecule has 1 aliphatic rings. The molecule has 0 aliphatic carbocycles. The van der Waals surface area contributed by atoms with Crippen LogP contribution >= 0.6 is 11.8 Å². The number of hydrogen-bond donors (Lipinski definition) is 0. The topological polar surface area (TPSA) is 17.8 Å². The minimum absolute atomic E-state index is 0.623. The lowest BCUT2D eigenvalue weighted by atomic mass is 10.1. The van der Waals surface area contributed by atoms with Crippen molar-refractivity contribution in [3.8, 4) is 0 Å². The normalized spacial score (nSPS) is 15.9. The standard InChI is InChI=1S/C8H12N2S/c1-6(2)7-3-9-10-5-11-4-8(7)10/h3,6H,4-5H2,1-2H3. The Hall–Kier alpha value is -0.440. The Morgan fingerprint density at radius 2 is 2.45 bits per heavy atom. The van der Waals surface area contributed by atoms with Crippen molar-refractivity contribution in [1.29, 1.82) is 0 Å². The van der Waals surface area contributed by atoms with Crippen molar-refractivity contribution in [2.45, 2.75) is 31.4 Å². The molecule has 2 heterocycles. The summed E-state index contributed by atoms with van der Waals surface area (Å²) < 4.78 is 2.11. The van der Waals surface area contributed by atoms with E-state index in [0.717, 1.165) is 11.6 Å². The largest absolute Gasteiger partial charge is 0.258 e. The molecule has 0 amide bonds. The van der Waals surface area contributed by atoms with Gasteiger partial charge >= 0.3 is 0 Å². The van der Waals surface area contributed by atoms with Gasteiger partial charge in [0.05, 0.1) is 17.8 Å². The van der Waals surface area contributed by atoms with Gasteiger partial charge in [0.25, 0.3) is 0 Å². The van der Waals surface area contributed by atoms with E-state index in [1.807, 2.05) is 18.0 Å². The zero-order chi connectivity index (χ0) is 7.84. The Kier molecular flexibility index (Phi) is 1.68. The van der Waals surface area contributed by atoms with Crippen LogP contribution in [0.25, 0.3) is 0 Å². The lowest BCUT2D eigenvalue weighted by Crippen LogP contribution is -1.94. The molecule has 0 unspecified atom stereocenters. The first-order valence-corrected chi connectivity index (χ1v) is 5.07. The number of thioether (sulfide) groups is 1. The molecule has 0 atom stereocenters. The van der Waals surface area contributed by atoms with Crippen LogP contribution in [0.4, 0.5) is 0 Å². The summed E-state index contributed by atoms with van der Waals surface area (Å²) in [5.74, 6) is 2.81. The average molecular weight is 168 g/mol. The van der Waals surface area contributed by atoms with E-state index in [2.05, 4.69) is 23.6 Å². The van der Waals surface area contributed by atoms with Gasteiger partial charge in [-0.15, -0.1) is 11.8 Å². The first kappa shape index (κ1) is 7.22. The number of rotatable bonds is 1. The molecule has 60 valence electrons. The Morgan fingerprint density at radius 1 is 1.64 bits per heavy atom. The van der Waals surface area contributed by atoms with Crippen LogP contribution in [-0.4, -0.2) is 9.78 Å². The minimum atomic E-state index is 0.623. The highest BCUT2D eigenvalue weighted by Gasteiger charge is 2.17. The molecular formula is C8H12N2S. The van der Waals surface area contributed by atoms with Crippen LogP contribution in [0, 0.1) is 0 Å². The highest BCUT2D eigenvalue weighted by molar-refractivity contribution is 7.97. The second kappa shape index (κ2) is 2.55. The van der Waals surface area contributed by atoms with Gasteiger partial charge < -0.3 is 0 Å². The fourth-order valence-corrected chi connectivity index (χ4v) is 2.40. The van der Waals surface area contributed by atoms with Gasteiger partial charge in [0.2, 0.25) is 0 Å². The molecule has 0 N–H and O–H groups in total. The van der Waals surface area contributed by atoms with Gasteiger partial charge in [0, 0.05) is 5.75 Å². The quantitative estimate of drug-likeness (QED) is 0.640. The Labute approximate surface area is 71.0 Å². The second-order valence-corrected chi connectivity index (χ2v) is 4.13. The summed E-state index contributed by atoms with van der Waals surface area (Å²) in [5.41, 5.74) is 2.86. The molecule has 2 rings (SSSR count). The zero-order valence-electron chi connectivity index (χ0n) is 6.87. The van der Waals surface area contributed by atoms with Crippen LogP contribution in [0.5, 0.6) is 0 Å². The number of nitrogens with zero attached hydrogens (tertiary/aromatic N) is 2. The van der Waals surface area contributed by atoms with Crippen LogP contribution in [0.1, 0.15) is 31.0 Å². The third kappa shape index (κ3) is 1.07. The van der Waals surface area contributed by atoms with Gasteiger partial charge in [-0.3, -0.25) is 4.68 Å². The van der Waals surface area contributed by atoms with Gasteiger partial charge in [-0.1, -0.05) is 13.8 Å². The van der Waals surface area contributed by atoms with Crippen molar-refractivity contribution in [2.75, 3.05) is 0 Å². The fraction of sp³-hybridized carbons (Fsp3) is 0.625. The van der Waals surface area contributed by atoms with Crippen LogP contribution in [0.2, 0.25) is 0 Å². The highest BCUT2D eigenvalue weighted by atomic mass is 32.2. The number of fused-ring (bicyclic) bond motifs is 1. The third-order valence-corrected chi connectivity index (χ3v) is 2.96. The molecule has 0 radical (unpaired) electrons. The molecule has 0 bridgehead atoms. The molecule has 0 saturated carbocycles. The van der Waals surface area contributed by atoms with Crippen LogP contribution < -0.4 is 0 Å². The monoisotopic (exact) mass is 168 g/mol. The third-order valence-electron chi connectivity index (χ3n) is 2.06. The summed E-state index contributed by atoms with van der Waals surface area (Å²) in [7, 11) is 0. The van der Waals surface area contributed by atoms with Crippen molar-refractivity contribution in [3.05, 3.63) is 17.5 Å². The maximum atomic E-state index is 4.31. The SMILES string of the molecule is CC(C)c1cnn2c1CSC2. The lowest BCUT2D eigenvalue weighted by molar-refractivity contribution is 0.737. The van der Waals surface area contributed by atoms with Crippen LogP contribution in [-0.2, 0) is 11.6 Å². The molecule has 1 aromatic rings. The zero-order valence-corrected chi connectivity index (χ0v) is 7.69. The van der Waals surface area contributed by atoms with E-state index in [0.29, 0.717) is 5.92 Å². The van der Waals surface area contributed by atoms with Crippen molar-refractivity contribution in [2.24, 2.45) is 0 Å². The molecule has 0 aromatic carbocycles. The predicted molar refractivity (Wildman–Crippen MR) is 47.6 cm³/mol. The maximum Gasteiger partial charge on any atom is 0.0870 e. The van der Waals surface area contributed by atoms with Crippen molar-refractivity contribution in [1.82, 2.24) is 9.78 Å². The van der Waals surface area contributed by atoms with Gasteiger partial charge in [0.1, 0.15) is 0 Å². The first-order chi connectivity index (χ1) is 5.29. The molecule has 0 spiro atoms. The highest BCUT2D eigenvalue weighted by Crippen LogP contribution is 2.29. The van der Waals surface area contributed by atoms with Gasteiger partial charge in [-0.2, -0.15) is 5.10 Å². The van der Waals surface area contributed by atoms with Gasteiger partial charge in [0.15, 0.2) is 0 Å². The molecule has 1 aromatic heterocycles. The minimum Gasteiger partial charge on any atom is -0.258 e. The van der Waals surface area contributed by atoms with Gasteiger partial charge in [-0.25, -0.2) is 0 Å². The van der Waals surface area contributed by atoms with E-state index >= 15 is 0 Å². The van der Waals surface area contributed by atoms with Crippen molar-refractivity contribution >= 4 is 11.8 Å². The van der Waals surface area contributed by atoms with E-state index < -0.39 is 0 Å². The summed E-state index contributed by atoms with van der Waals surface area (Å²) >= 11 is 1.94. The Morgan fingerprint density at radius 3 is 3.18 bits per heavy atom. The molecular weight excluding hydrogens is 156 g/mol. The van der Waals surface area contributed by atoms with E-state index in [1.165, 1.54) is 11.3 Å². The maximum absolute atomic E-state index is 4.31. The summed E-state index contributed by atoms with van der Waals surface area (Å²) in [6, 6.07) is 0.